The molecule has 2 aromatic carbocycles. The maximum atomic E-state index is 12.9. The van der Waals surface area contributed by atoms with E-state index in [0.717, 1.165) is 24.0 Å². The average molecular weight is 681 g/mol. The summed E-state index contributed by atoms with van der Waals surface area (Å²) in [5.41, 5.74) is 1.69. The summed E-state index contributed by atoms with van der Waals surface area (Å²) in [4.78, 5) is 37.3. The van der Waals surface area contributed by atoms with Crippen LogP contribution in [0.15, 0.2) is 48.5 Å². The van der Waals surface area contributed by atoms with Gasteiger partial charge in [0.05, 0.1) is 10.8 Å². The van der Waals surface area contributed by atoms with Gasteiger partial charge < -0.3 is 10.1 Å². The molecule has 1 fully saturated rings. The number of ketones is 2. The van der Waals surface area contributed by atoms with Gasteiger partial charge >= 0.3 is 12.2 Å². The predicted molar refractivity (Wildman–Crippen MR) is 168 cm³/mol. The first-order valence-electron chi connectivity index (χ1n) is 15.0. The van der Waals surface area contributed by atoms with Gasteiger partial charge in [-0.1, -0.05) is 54.4 Å². The molecule has 0 saturated heterocycles. The van der Waals surface area contributed by atoms with Crippen LogP contribution in [0.3, 0.4) is 0 Å². The SMILES string of the molecule is CC(C)S(=O)(=O)CC(=O)CCCCCC(=O)c1ccc(Cc2nc(NC3(c4ccc(Cl)cc4)CC3)nc(OCC(F)(F)F)n2)cc1. The Balaban J connectivity index is 1.35. The van der Waals surface area contributed by atoms with Gasteiger partial charge in [0.2, 0.25) is 5.95 Å². The van der Waals surface area contributed by atoms with Crippen LogP contribution < -0.4 is 10.1 Å². The van der Waals surface area contributed by atoms with Crippen LogP contribution in [0.5, 0.6) is 6.01 Å². The van der Waals surface area contributed by atoms with Crippen LogP contribution in [0.4, 0.5) is 19.1 Å². The van der Waals surface area contributed by atoms with Gasteiger partial charge in [-0.15, -0.1) is 0 Å². The first-order valence-corrected chi connectivity index (χ1v) is 17.1. The van der Waals surface area contributed by atoms with Crippen molar-refractivity contribution in [1.82, 2.24) is 15.0 Å². The number of nitrogens with zero attached hydrogens (tertiary/aromatic N) is 3. The minimum Gasteiger partial charge on any atom is -0.454 e. The number of halogens is 4. The van der Waals surface area contributed by atoms with E-state index in [2.05, 4.69) is 20.3 Å². The molecule has 1 aliphatic carbocycles. The first kappa shape index (κ1) is 35.3. The normalized spacial score (nSPS) is 14.2. The van der Waals surface area contributed by atoms with Crippen molar-refractivity contribution in [2.24, 2.45) is 0 Å². The summed E-state index contributed by atoms with van der Waals surface area (Å²) in [7, 11) is -3.41. The molecule has 3 aromatic rings. The minimum absolute atomic E-state index is 0.0772. The van der Waals surface area contributed by atoms with E-state index < -0.39 is 45.2 Å². The standard InChI is InChI=1S/C32H36ClF3N4O5S/c1-21(2)46(43,44)19-26(41)6-4-3-5-7-27(42)23-10-8-22(9-11-23)18-28-37-29(39-30(38-28)45-20-32(34,35)36)40-31(16-17-31)24-12-14-25(33)15-13-24/h8-15,21H,3-7,16-20H2,1-2H3,(H,37,38,39,40). The highest BCUT2D eigenvalue weighted by Crippen LogP contribution is 2.48. The molecule has 1 saturated carbocycles. The van der Waals surface area contributed by atoms with E-state index in [4.69, 9.17) is 16.3 Å². The number of unbranched alkanes of at least 4 members (excludes halogenated alkanes) is 2. The number of hydrogen-bond donors (Lipinski definition) is 1. The lowest BCUT2D eigenvalue weighted by molar-refractivity contribution is -0.154. The number of anilines is 1. The maximum absolute atomic E-state index is 12.9. The molecule has 1 N–H and O–H groups in total. The van der Waals surface area contributed by atoms with Gasteiger partial charge in [-0.05, 0) is 62.8 Å². The summed E-state index contributed by atoms with van der Waals surface area (Å²) < 4.78 is 67.2. The van der Waals surface area contributed by atoms with E-state index >= 15 is 0 Å². The van der Waals surface area contributed by atoms with Gasteiger partial charge in [-0.25, -0.2) is 8.42 Å². The van der Waals surface area contributed by atoms with Gasteiger partial charge in [-0.2, -0.15) is 28.1 Å². The van der Waals surface area contributed by atoms with E-state index in [9.17, 15) is 31.2 Å². The second kappa shape index (κ2) is 14.9. The molecule has 1 heterocycles. The van der Waals surface area contributed by atoms with Crippen molar-refractivity contribution in [3.05, 3.63) is 76.1 Å². The Morgan fingerprint density at radius 2 is 1.61 bits per heavy atom. The van der Waals surface area contributed by atoms with E-state index in [1.807, 2.05) is 12.1 Å². The summed E-state index contributed by atoms with van der Waals surface area (Å²) in [5, 5.41) is 3.23. The van der Waals surface area contributed by atoms with Crippen LogP contribution in [-0.2, 0) is 26.6 Å². The summed E-state index contributed by atoms with van der Waals surface area (Å²) in [5.74, 6) is -0.568. The fourth-order valence-electron chi connectivity index (χ4n) is 4.72. The molecule has 0 amide bonds. The fraction of sp³-hybridized carbons (Fsp3) is 0.469. The highest BCUT2D eigenvalue weighted by Gasteiger charge is 2.45. The van der Waals surface area contributed by atoms with Crippen LogP contribution in [0.25, 0.3) is 0 Å². The van der Waals surface area contributed by atoms with Crippen molar-refractivity contribution in [3.63, 3.8) is 0 Å². The van der Waals surface area contributed by atoms with Crippen molar-refractivity contribution in [2.45, 2.75) is 82.2 Å². The topological polar surface area (TPSA) is 128 Å². The molecule has 0 spiro atoms. The lowest BCUT2D eigenvalue weighted by atomic mass is 10.0. The Bertz CT molecular complexity index is 1630. The van der Waals surface area contributed by atoms with Crippen molar-refractivity contribution in [3.8, 4) is 6.01 Å². The number of hydrogen-bond acceptors (Lipinski definition) is 9. The summed E-state index contributed by atoms with van der Waals surface area (Å²) in [6.45, 7) is 1.54. The lowest BCUT2D eigenvalue weighted by Crippen LogP contribution is -2.23. The number of benzene rings is 2. The molecule has 14 heteroatoms. The quantitative estimate of drug-likeness (QED) is 0.123. The smallest absolute Gasteiger partial charge is 0.422 e. The van der Waals surface area contributed by atoms with E-state index in [0.29, 0.717) is 29.8 Å². The molecule has 9 nitrogen and oxygen atoms in total. The highest BCUT2D eigenvalue weighted by molar-refractivity contribution is 7.92. The monoisotopic (exact) mass is 680 g/mol. The third-order valence-electron chi connectivity index (χ3n) is 7.60. The summed E-state index contributed by atoms with van der Waals surface area (Å²) >= 11 is 6.02. The van der Waals surface area contributed by atoms with Crippen LogP contribution in [-0.4, -0.2) is 58.7 Å². The van der Waals surface area contributed by atoms with E-state index in [-0.39, 0.29) is 42.6 Å². The van der Waals surface area contributed by atoms with Crippen molar-refractivity contribution in [1.29, 1.82) is 0 Å². The second-order valence-electron chi connectivity index (χ2n) is 11.7. The largest absolute Gasteiger partial charge is 0.454 e. The van der Waals surface area contributed by atoms with Gasteiger partial charge in [0, 0.05) is 29.8 Å². The first-order chi connectivity index (χ1) is 21.6. The number of nitrogens with one attached hydrogen (secondary N) is 1. The zero-order valence-electron chi connectivity index (χ0n) is 25.6. The Morgan fingerprint density at radius 1 is 0.957 bits per heavy atom. The lowest BCUT2D eigenvalue weighted by Gasteiger charge is -2.19. The van der Waals surface area contributed by atoms with Gasteiger partial charge in [0.1, 0.15) is 17.4 Å². The second-order valence-corrected chi connectivity index (χ2v) is 14.7. The minimum atomic E-state index is -4.57. The molecule has 0 unspecified atom stereocenters. The average Bonchev–Trinajstić information content (AvgIpc) is 3.76. The number of sulfone groups is 1. The molecular weight excluding hydrogens is 645 g/mol. The van der Waals surface area contributed by atoms with Crippen LogP contribution in [0, 0.1) is 0 Å². The van der Waals surface area contributed by atoms with Crippen molar-refractivity contribution < 1.29 is 35.9 Å². The molecular formula is C32H36ClF3N4O5S. The zero-order chi connectivity index (χ0) is 33.5. The Morgan fingerprint density at radius 3 is 2.22 bits per heavy atom. The molecule has 1 aromatic heterocycles. The number of rotatable bonds is 17. The summed E-state index contributed by atoms with van der Waals surface area (Å²) in [6.07, 6.45) is -0.759. The van der Waals surface area contributed by atoms with Crippen molar-refractivity contribution >= 4 is 39.0 Å². The van der Waals surface area contributed by atoms with Crippen LogP contribution in [0.2, 0.25) is 5.02 Å². The van der Waals surface area contributed by atoms with E-state index in [1.165, 1.54) is 0 Å². The van der Waals surface area contributed by atoms with Gasteiger partial charge in [0.25, 0.3) is 0 Å². The third-order valence-corrected chi connectivity index (χ3v) is 10.0. The number of Topliss-reactive ketones (excluding diaryl/α,β-unsaturated/α-hetero) is 2. The number of carbonyl (C=O) groups is 2. The number of aromatic nitrogens is 3. The summed E-state index contributed by atoms with van der Waals surface area (Å²) in [6, 6.07) is 13.6. The molecule has 1 aliphatic rings. The van der Waals surface area contributed by atoms with Gasteiger partial charge in [-0.3, -0.25) is 9.59 Å². The highest BCUT2D eigenvalue weighted by atomic mass is 35.5. The van der Waals surface area contributed by atoms with Crippen LogP contribution in [0.1, 0.15) is 86.1 Å². The third kappa shape index (κ3) is 10.5. The number of carbonyl (C=O) groups excluding carboxylic acids is 2. The molecule has 0 atom stereocenters. The molecule has 0 aliphatic heterocycles. The number of alkyl halides is 3. The molecule has 4 rings (SSSR count). The molecule has 248 valence electrons. The Hall–Kier alpha value is -3.58. The molecule has 0 bridgehead atoms. The fourth-order valence-corrected chi connectivity index (χ4v) is 5.77. The predicted octanol–water partition coefficient (Wildman–Crippen LogP) is 6.68. The van der Waals surface area contributed by atoms with Crippen molar-refractivity contribution in [2.75, 3.05) is 17.7 Å². The maximum Gasteiger partial charge on any atom is 0.422 e. The molecule has 46 heavy (non-hydrogen) atoms. The van der Waals surface area contributed by atoms with Gasteiger partial charge in [0.15, 0.2) is 22.2 Å². The Labute approximate surface area is 271 Å². The molecule has 0 radical (unpaired) electrons. The van der Waals surface area contributed by atoms with Crippen LogP contribution >= 0.6 is 11.6 Å². The Kier molecular flexibility index (Phi) is 11.4. The van der Waals surface area contributed by atoms with E-state index in [1.54, 1.807) is 50.2 Å². The number of ether oxygens (including phenoxy) is 1. The zero-order valence-corrected chi connectivity index (χ0v) is 27.1.